The summed E-state index contributed by atoms with van der Waals surface area (Å²) in [6, 6.07) is 0. The molecule has 0 amide bonds. The van der Waals surface area contributed by atoms with Crippen LogP contribution in [0.1, 0.15) is 39.0 Å². The van der Waals surface area contributed by atoms with Gasteiger partial charge in [0.25, 0.3) is 0 Å². The highest BCUT2D eigenvalue weighted by Crippen LogP contribution is 2.13. The fraction of sp³-hybridized carbons (Fsp3) is 0.733. The van der Waals surface area contributed by atoms with Crippen LogP contribution in [0.4, 0.5) is 0 Å². The second kappa shape index (κ2) is 11.3. The molecule has 0 bridgehead atoms. The van der Waals surface area contributed by atoms with Crippen molar-refractivity contribution in [2.75, 3.05) is 26.4 Å². The lowest BCUT2D eigenvalue weighted by Gasteiger charge is -2.22. The minimum atomic E-state index is -0.587. The number of unbranched alkanes of at least 4 members (excludes halogenated alkanes) is 1. The third kappa shape index (κ3) is 9.20. The van der Waals surface area contributed by atoms with Crippen molar-refractivity contribution < 1.29 is 28.5 Å². The highest BCUT2D eigenvalue weighted by atomic mass is 16.7. The van der Waals surface area contributed by atoms with Crippen LogP contribution in [-0.4, -0.2) is 44.7 Å². The summed E-state index contributed by atoms with van der Waals surface area (Å²) in [4.78, 5) is 22.5. The van der Waals surface area contributed by atoms with E-state index in [1.54, 1.807) is 0 Å². The van der Waals surface area contributed by atoms with Crippen LogP contribution in [0.25, 0.3) is 0 Å². The first-order valence-corrected chi connectivity index (χ1v) is 7.47. The van der Waals surface area contributed by atoms with E-state index in [-0.39, 0.29) is 19.5 Å². The molecule has 1 unspecified atom stereocenters. The van der Waals surface area contributed by atoms with Crippen LogP contribution in [0.15, 0.2) is 12.2 Å². The number of ether oxygens (including phenoxy) is 4. The highest BCUT2D eigenvalue weighted by Gasteiger charge is 2.13. The van der Waals surface area contributed by atoms with E-state index in [2.05, 4.69) is 0 Å². The number of rotatable bonds is 9. The predicted octanol–water partition coefficient (Wildman–Crippen LogP) is 1.97. The van der Waals surface area contributed by atoms with Gasteiger partial charge in [-0.2, -0.15) is 0 Å². The Kier molecular flexibility index (Phi) is 9.48. The molecule has 21 heavy (non-hydrogen) atoms. The third-order valence-electron chi connectivity index (χ3n) is 2.87. The molecular formula is C15H24O6. The molecule has 0 aliphatic carbocycles. The van der Waals surface area contributed by atoms with Crippen molar-refractivity contribution in [1.29, 1.82) is 0 Å². The van der Waals surface area contributed by atoms with Gasteiger partial charge in [0.1, 0.15) is 6.61 Å². The Morgan fingerprint density at radius 2 is 1.81 bits per heavy atom. The molecule has 0 spiro atoms. The van der Waals surface area contributed by atoms with E-state index in [0.717, 1.165) is 44.3 Å². The van der Waals surface area contributed by atoms with Crippen molar-refractivity contribution >= 4 is 11.9 Å². The molecule has 0 radical (unpaired) electrons. The van der Waals surface area contributed by atoms with E-state index in [0.29, 0.717) is 13.2 Å². The summed E-state index contributed by atoms with van der Waals surface area (Å²) in [7, 11) is 0. The zero-order chi connectivity index (χ0) is 15.3. The van der Waals surface area contributed by atoms with Crippen LogP contribution in [0.5, 0.6) is 0 Å². The van der Waals surface area contributed by atoms with E-state index in [1.165, 1.54) is 0 Å². The summed E-state index contributed by atoms with van der Waals surface area (Å²) in [5.41, 5.74) is 0. The first kappa shape index (κ1) is 17.7. The monoisotopic (exact) mass is 300 g/mol. The SMILES string of the molecule is CCCCOC(=O)C=CC(=O)OCCOC1CCCCO1. The van der Waals surface area contributed by atoms with Crippen molar-refractivity contribution in [3.05, 3.63) is 12.2 Å². The minimum absolute atomic E-state index is 0.133. The molecule has 1 aliphatic rings. The molecule has 0 aromatic carbocycles. The van der Waals surface area contributed by atoms with Crippen molar-refractivity contribution in [3.63, 3.8) is 0 Å². The normalized spacial score (nSPS) is 18.6. The summed E-state index contributed by atoms with van der Waals surface area (Å²) in [5.74, 6) is -1.12. The Morgan fingerprint density at radius 3 is 2.43 bits per heavy atom. The summed E-state index contributed by atoms with van der Waals surface area (Å²) < 4.78 is 20.5. The molecule has 1 rings (SSSR count). The smallest absolute Gasteiger partial charge is 0.331 e. The van der Waals surface area contributed by atoms with Gasteiger partial charge in [-0.3, -0.25) is 0 Å². The lowest BCUT2D eigenvalue weighted by atomic mass is 10.2. The molecule has 0 saturated carbocycles. The first-order valence-electron chi connectivity index (χ1n) is 7.47. The van der Waals surface area contributed by atoms with E-state index in [1.807, 2.05) is 6.92 Å². The van der Waals surface area contributed by atoms with Crippen LogP contribution < -0.4 is 0 Å². The molecule has 0 N–H and O–H groups in total. The summed E-state index contributed by atoms with van der Waals surface area (Å²) in [6.45, 7) is 3.50. The molecule has 1 atom stereocenters. The van der Waals surface area contributed by atoms with Gasteiger partial charge in [-0.15, -0.1) is 0 Å². The second-order valence-electron chi connectivity index (χ2n) is 4.69. The van der Waals surface area contributed by atoms with Crippen LogP contribution in [0.2, 0.25) is 0 Å². The van der Waals surface area contributed by atoms with E-state index in [9.17, 15) is 9.59 Å². The molecule has 6 heteroatoms. The average Bonchev–Trinajstić information content (AvgIpc) is 2.51. The molecule has 6 nitrogen and oxygen atoms in total. The fourth-order valence-electron chi connectivity index (χ4n) is 1.71. The van der Waals surface area contributed by atoms with Gasteiger partial charge in [-0.1, -0.05) is 13.3 Å². The van der Waals surface area contributed by atoms with E-state index in [4.69, 9.17) is 18.9 Å². The number of carbonyl (C=O) groups is 2. The maximum Gasteiger partial charge on any atom is 0.331 e. The zero-order valence-corrected chi connectivity index (χ0v) is 12.5. The second-order valence-corrected chi connectivity index (χ2v) is 4.69. The largest absolute Gasteiger partial charge is 0.463 e. The van der Waals surface area contributed by atoms with Gasteiger partial charge in [0.2, 0.25) is 0 Å². The highest BCUT2D eigenvalue weighted by molar-refractivity contribution is 5.91. The lowest BCUT2D eigenvalue weighted by Crippen LogP contribution is -2.24. The maximum absolute atomic E-state index is 11.3. The Hall–Kier alpha value is -1.40. The molecule has 0 aromatic rings. The zero-order valence-electron chi connectivity index (χ0n) is 12.5. The van der Waals surface area contributed by atoms with Crippen molar-refractivity contribution in [2.24, 2.45) is 0 Å². The number of carbonyl (C=O) groups excluding carboxylic acids is 2. The van der Waals surface area contributed by atoms with Gasteiger partial charge in [-0.05, 0) is 25.7 Å². The molecule has 1 heterocycles. The molecule has 1 aliphatic heterocycles. The van der Waals surface area contributed by atoms with Crippen LogP contribution in [0.3, 0.4) is 0 Å². The van der Waals surface area contributed by atoms with Gasteiger partial charge in [0, 0.05) is 18.8 Å². The minimum Gasteiger partial charge on any atom is -0.463 e. The van der Waals surface area contributed by atoms with Gasteiger partial charge in [-0.25, -0.2) is 9.59 Å². The lowest BCUT2D eigenvalue weighted by molar-refractivity contribution is -0.172. The average molecular weight is 300 g/mol. The van der Waals surface area contributed by atoms with E-state index >= 15 is 0 Å². The topological polar surface area (TPSA) is 71.1 Å². The third-order valence-corrected chi connectivity index (χ3v) is 2.87. The number of esters is 2. The van der Waals surface area contributed by atoms with Crippen molar-refractivity contribution in [1.82, 2.24) is 0 Å². The van der Waals surface area contributed by atoms with E-state index < -0.39 is 11.9 Å². The Morgan fingerprint density at radius 1 is 1.10 bits per heavy atom. The van der Waals surface area contributed by atoms with Gasteiger partial charge >= 0.3 is 11.9 Å². The van der Waals surface area contributed by atoms with Crippen molar-refractivity contribution in [2.45, 2.75) is 45.3 Å². The quantitative estimate of drug-likeness (QED) is 0.368. The Labute approximate surface area is 125 Å². The number of hydrogen-bond acceptors (Lipinski definition) is 6. The molecule has 120 valence electrons. The Bertz CT molecular complexity index is 333. The first-order chi connectivity index (χ1) is 10.2. The summed E-state index contributed by atoms with van der Waals surface area (Å²) in [5, 5.41) is 0. The summed E-state index contributed by atoms with van der Waals surface area (Å²) >= 11 is 0. The molecule has 1 saturated heterocycles. The Balaban J connectivity index is 2.03. The van der Waals surface area contributed by atoms with Gasteiger partial charge in [0.05, 0.1) is 13.2 Å². The summed E-state index contributed by atoms with van der Waals surface area (Å²) in [6.07, 6.45) is 6.73. The predicted molar refractivity (Wildman–Crippen MR) is 75.5 cm³/mol. The van der Waals surface area contributed by atoms with Gasteiger partial charge < -0.3 is 18.9 Å². The van der Waals surface area contributed by atoms with Gasteiger partial charge in [0.15, 0.2) is 6.29 Å². The standard InChI is InChI=1S/C15H24O6/c1-2-3-9-18-13(16)7-8-14(17)19-11-12-21-15-6-4-5-10-20-15/h7-8,15H,2-6,9-12H2,1H3. The maximum atomic E-state index is 11.3. The molecule has 0 aromatic heterocycles. The van der Waals surface area contributed by atoms with Crippen molar-refractivity contribution in [3.8, 4) is 0 Å². The van der Waals surface area contributed by atoms with Crippen LogP contribution in [0, 0.1) is 0 Å². The molecular weight excluding hydrogens is 276 g/mol. The fourth-order valence-corrected chi connectivity index (χ4v) is 1.71. The number of hydrogen-bond donors (Lipinski definition) is 0. The van der Waals surface area contributed by atoms with Crippen LogP contribution >= 0.6 is 0 Å². The molecule has 1 fully saturated rings. The van der Waals surface area contributed by atoms with Crippen LogP contribution in [-0.2, 0) is 28.5 Å².